The quantitative estimate of drug-likeness (QED) is 0.335. The molecule has 0 saturated heterocycles. The van der Waals surface area contributed by atoms with Gasteiger partial charge in [0.2, 0.25) is 0 Å². The minimum absolute atomic E-state index is 0.680. The van der Waals surface area contributed by atoms with E-state index >= 15 is 0 Å². The highest BCUT2D eigenvalue weighted by Gasteiger charge is 2.37. The van der Waals surface area contributed by atoms with Gasteiger partial charge in [0, 0.05) is 14.7 Å². The Kier molecular flexibility index (Phi) is 7.58. The van der Waals surface area contributed by atoms with Gasteiger partial charge in [-0.1, -0.05) is 54.6 Å². The zero-order valence-corrected chi connectivity index (χ0v) is 20.2. The number of rotatable bonds is 9. The van der Waals surface area contributed by atoms with Crippen molar-refractivity contribution >= 4 is 53.6 Å². The lowest BCUT2D eigenvalue weighted by Crippen LogP contribution is -2.21. The number of benzene rings is 3. The van der Waals surface area contributed by atoms with Gasteiger partial charge in [0.25, 0.3) is 20.2 Å². The molecule has 0 aliphatic carbocycles. The lowest BCUT2D eigenvalue weighted by molar-refractivity contribution is 0.505. The second-order valence-corrected chi connectivity index (χ2v) is 13.5. The number of hydrogen-bond donors (Lipinski definition) is 0. The van der Waals surface area contributed by atoms with Crippen LogP contribution in [0.2, 0.25) is 0 Å². The Balaban J connectivity index is 2.19. The summed E-state index contributed by atoms with van der Waals surface area (Å²) in [6.07, 6.45) is 0. The van der Waals surface area contributed by atoms with Crippen LogP contribution < -0.4 is 0 Å². The van der Waals surface area contributed by atoms with Gasteiger partial charge in [0.05, 0.1) is 11.5 Å². The Morgan fingerprint density at radius 1 is 0.567 bits per heavy atom. The molecule has 0 spiro atoms. The van der Waals surface area contributed by atoms with Crippen LogP contribution in [0.3, 0.4) is 0 Å². The van der Waals surface area contributed by atoms with E-state index in [-0.39, 0.29) is 0 Å². The molecule has 3 aromatic carbocycles. The molecule has 0 saturated carbocycles. The molecule has 30 heavy (non-hydrogen) atoms. The molecule has 0 heterocycles. The molecule has 3 rings (SSSR count). The molecule has 0 unspecified atom stereocenters. The van der Waals surface area contributed by atoms with Crippen molar-refractivity contribution < 1.29 is 23.0 Å². The van der Waals surface area contributed by atoms with Crippen molar-refractivity contribution in [2.75, 3.05) is 11.5 Å². The SMILES string of the molecule is O=S(=O)(CCS(=O)(=O)OS(c1ccccc1)(c1ccccc1)c1ccccc1)OI. The summed E-state index contributed by atoms with van der Waals surface area (Å²) in [5.41, 5.74) is 0. The van der Waals surface area contributed by atoms with Crippen molar-refractivity contribution in [1.29, 1.82) is 0 Å². The standard InChI is InChI=1S/C20H19IO6S3/c21-26-28(22,23)16-17-29(24,25)27-30(18-10-4-1-5-11-18,19-12-6-2-7-13-19)20-14-8-3-9-15-20/h1-15H,16-17H2. The lowest BCUT2D eigenvalue weighted by atomic mass is 10.4. The number of hydrogen-bond acceptors (Lipinski definition) is 6. The minimum Gasteiger partial charge on any atom is -0.207 e. The maximum atomic E-state index is 13.0. The first kappa shape index (κ1) is 23.2. The molecule has 0 aromatic heterocycles. The van der Waals surface area contributed by atoms with E-state index in [0.717, 1.165) is 0 Å². The minimum atomic E-state index is -4.25. The Morgan fingerprint density at radius 3 is 1.23 bits per heavy atom. The first-order chi connectivity index (χ1) is 14.3. The molecule has 0 aliphatic rings. The molecule has 0 bridgehead atoms. The molecular weight excluding hydrogens is 559 g/mol. The highest BCUT2D eigenvalue weighted by molar-refractivity contribution is 14.1. The number of halogens is 1. The van der Waals surface area contributed by atoms with E-state index in [1.807, 2.05) is 91.0 Å². The van der Waals surface area contributed by atoms with Crippen molar-refractivity contribution in [3.8, 4) is 0 Å². The summed E-state index contributed by atoms with van der Waals surface area (Å²) >= 11 is 1.22. The molecule has 0 aliphatic heterocycles. The molecule has 3 aromatic rings. The fourth-order valence-electron chi connectivity index (χ4n) is 2.79. The molecule has 160 valence electrons. The summed E-state index contributed by atoms with van der Waals surface area (Å²) in [5, 5.41) is 0. The van der Waals surface area contributed by atoms with Gasteiger partial charge in [-0.15, -0.1) is 0 Å². The van der Waals surface area contributed by atoms with Crippen LogP contribution in [0, 0.1) is 0 Å². The van der Waals surface area contributed by atoms with Gasteiger partial charge in [-0.25, -0.2) is 3.63 Å². The van der Waals surface area contributed by atoms with Gasteiger partial charge in [0.15, 0.2) is 0 Å². The van der Waals surface area contributed by atoms with Crippen LogP contribution in [0.25, 0.3) is 0 Å². The highest BCUT2D eigenvalue weighted by atomic mass is 127. The summed E-state index contributed by atoms with van der Waals surface area (Å²) < 4.78 is 59.7. The van der Waals surface area contributed by atoms with E-state index in [4.69, 9.17) is 3.63 Å². The van der Waals surface area contributed by atoms with Crippen LogP contribution in [0.5, 0.6) is 0 Å². The summed E-state index contributed by atoms with van der Waals surface area (Å²) in [6.45, 7) is 0. The first-order valence-electron chi connectivity index (χ1n) is 8.74. The topological polar surface area (TPSA) is 86.7 Å². The van der Waals surface area contributed by atoms with Crippen LogP contribution in [-0.4, -0.2) is 28.3 Å². The van der Waals surface area contributed by atoms with Crippen LogP contribution in [0.15, 0.2) is 106 Å². The normalized spacial score (nSPS) is 13.1. The van der Waals surface area contributed by atoms with Gasteiger partial charge >= 0.3 is 0 Å². The van der Waals surface area contributed by atoms with Gasteiger partial charge in [-0.2, -0.15) is 19.3 Å². The first-order valence-corrected chi connectivity index (χ1v) is 14.3. The molecule has 10 heteroatoms. The lowest BCUT2D eigenvalue weighted by Gasteiger charge is -2.39. The van der Waals surface area contributed by atoms with Gasteiger partial charge in [-0.3, -0.25) is 0 Å². The summed E-state index contributed by atoms with van der Waals surface area (Å²) in [5.74, 6) is -1.42. The fraction of sp³-hybridized carbons (Fsp3) is 0.100. The molecule has 0 N–H and O–H groups in total. The van der Waals surface area contributed by atoms with Crippen LogP contribution in [-0.2, 0) is 26.4 Å². The van der Waals surface area contributed by atoms with Crippen molar-refractivity contribution in [3.05, 3.63) is 91.0 Å². The third-order valence-corrected chi connectivity index (χ3v) is 12.1. The third-order valence-electron chi connectivity index (χ3n) is 4.11. The third kappa shape index (κ3) is 5.42. The van der Waals surface area contributed by atoms with Gasteiger partial charge < -0.3 is 0 Å². The average Bonchev–Trinajstić information content (AvgIpc) is 2.78. The summed E-state index contributed by atoms with van der Waals surface area (Å²) in [6, 6.07) is 27.3. The summed E-state index contributed by atoms with van der Waals surface area (Å²) in [7, 11) is -10.9. The molecule has 0 fully saturated rings. The zero-order valence-electron chi connectivity index (χ0n) is 15.6. The maximum Gasteiger partial charge on any atom is 0.278 e. The van der Waals surface area contributed by atoms with Crippen LogP contribution >= 0.6 is 33.3 Å². The van der Waals surface area contributed by atoms with Crippen molar-refractivity contribution in [2.45, 2.75) is 14.7 Å². The van der Waals surface area contributed by atoms with E-state index in [9.17, 15) is 16.8 Å². The van der Waals surface area contributed by atoms with E-state index in [1.165, 1.54) is 23.0 Å². The van der Waals surface area contributed by atoms with Crippen LogP contribution in [0.1, 0.15) is 0 Å². The van der Waals surface area contributed by atoms with E-state index < -0.39 is 42.1 Å². The van der Waals surface area contributed by atoms with Crippen molar-refractivity contribution in [3.63, 3.8) is 0 Å². The fourth-order valence-corrected chi connectivity index (χ4v) is 9.92. The largest absolute Gasteiger partial charge is 0.278 e. The van der Waals surface area contributed by atoms with E-state index in [2.05, 4.69) is 2.51 Å². The Hall–Kier alpha value is -1.44. The monoisotopic (exact) mass is 578 g/mol. The Labute approximate surface area is 192 Å². The average molecular weight is 578 g/mol. The molecule has 0 amide bonds. The highest BCUT2D eigenvalue weighted by Crippen LogP contribution is 2.69. The molecule has 6 nitrogen and oxygen atoms in total. The molecule has 0 radical (unpaired) electrons. The van der Waals surface area contributed by atoms with Crippen LogP contribution in [0.4, 0.5) is 0 Å². The zero-order chi connectivity index (χ0) is 21.7. The maximum absolute atomic E-state index is 13.0. The van der Waals surface area contributed by atoms with Crippen molar-refractivity contribution in [2.24, 2.45) is 0 Å². The van der Waals surface area contributed by atoms with Gasteiger partial charge in [-0.05, 0) is 46.7 Å². The molecular formula is C20H19IO6S3. The Bertz CT molecular complexity index is 1070. The van der Waals surface area contributed by atoms with E-state index in [0.29, 0.717) is 14.7 Å². The second-order valence-electron chi connectivity index (χ2n) is 6.15. The van der Waals surface area contributed by atoms with E-state index in [1.54, 1.807) is 0 Å². The smallest absolute Gasteiger partial charge is 0.207 e. The second kappa shape index (κ2) is 9.79. The van der Waals surface area contributed by atoms with Gasteiger partial charge in [0.1, 0.15) is 23.0 Å². The predicted molar refractivity (Wildman–Crippen MR) is 125 cm³/mol. The summed E-state index contributed by atoms with van der Waals surface area (Å²) in [4.78, 5) is 2.04. The Morgan fingerprint density at radius 2 is 0.900 bits per heavy atom. The molecule has 0 atom stereocenters. The predicted octanol–water partition coefficient (Wildman–Crippen LogP) is 4.93. The van der Waals surface area contributed by atoms with Crippen molar-refractivity contribution in [1.82, 2.24) is 0 Å².